The zero-order chi connectivity index (χ0) is 20.4. The summed E-state index contributed by atoms with van der Waals surface area (Å²) in [5.74, 6) is 2.92. The number of aromatic amines is 1. The van der Waals surface area contributed by atoms with Crippen LogP contribution in [-0.2, 0) is 5.75 Å². The Balaban J connectivity index is 1.53. The van der Waals surface area contributed by atoms with Crippen LogP contribution in [0.2, 0.25) is 0 Å². The molecule has 0 saturated carbocycles. The minimum Gasteiger partial charge on any atom is -0.493 e. The van der Waals surface area contributed by atoms with Crippen molar-refractivity contribution >= 4 is 22.8 Å². The molecule has 0 bridgehead atoms. The van der Waals surface area contributed by atoms with Crippen LogP contribution < -0.4 is 14.2 Å². The van der Waals surface area contributed by atoms with Gasteiger partial charge in [-0.3, -0.25) is 0 Å². The summed E-state index contributed by atoms with van der Waals surface area (Å²) in [6, 6.07) is 9.65. The average Bonchev–Trinajstić information content (AvgIpc) is 3.37. The number of fused-ring (bicyclic) bond motifs is 1. The second-order valence-electron chi connectivity index (χ2n) is 6.27. The molecule has 0 atom stereocenters. The number of benzene rings is 2. The Morgan fingerprint density at radius 2 is 1.76 bits per heavy atom. The predicted octanol–water partition coefficient (Wildman–Crippen LogP) is 4.24. The first kappa shape index (κ1) is 19.1. The van der Waals surface area contributed by atoms with Crippen molar-refractivity contribution in [2.45, 2.75) is 17.8 Å². The van der Waals surface area contributed by atoms with Gasteiger partial charge in [-0.25, -0.2) is 4.98 Å². The van der Waals surface area contributed by atoms with E-state index >= 15 is 0 Å². The monoisotopic (exact) mass is 412 g/mol. The van der Waals surface area contributed by atoms with E-state index in [1.54, 1.807) is 33.5 Å². The summed E-state index contributed by atoms with van der Waals surface area (Å²) in [5.41, 5.74) is 3.81. The van der Waals surface area contributed by atoms with Gasteiger partial charge in [-0.2, -0.15) is 0 Å². The van der Waals surface area contributed by atoms with Crippen LogP contribution in [0.15, 0.2) is 39.9 Å². The molecule has 2 heterocycles. The lowest BCUT2D eigenvalue weighted by atomic mass is 10.2. The Kier molecular flexibility index (Phi) is 5.30. The van der Waals surface area contributed by atoms with E-state index in [1.807, 2.05) is 12.1 Å². The molecule has 8 nitrogen and oxygen atoms in total. The fourth-order valence-corrected chi connectivity index (χ4v) is 3.65. The summed E-state index contributed by atoms with van der Waals surface area (Å²) < 4.78 is 21.9. The van der Waals surface area contributed by atoms with Crippen molar-refractivity contribution in [3.63, 3.8) is 0 Å². The third-order valence-corrected chi connectivity index (χ3v) is 5.18. The Morgan fingerprint density at radius 1 is 1.00 bits per heavy atom. The van der Waals surface area contributed by atoms with E-state index in [0.29, 0.717) is 40.3 Å². The molecule has 150 valence electrons. The van der Waals surface area contributed by atoms with Crippen molar-refractivity contribution in [2.75, 3.05) is 21.3 Å². The van der Waals surface area contributed by atoms with Crippen molar-refractivity contribution in [2.24, 2.45) is 0 Å². The van der Waals surface area contributed by atoms with Gasteiger partial charge < -0.3 is 23.6 Å². The number of ether oxygens (including phenoxy) is 3. The van der Waals surface area contributed by atoms with Gasteiger partial charge in [0, 0.05) is 5.56 Å². The van der Waals surface area contributed by atoms with Crippen LogP contribution in [0.5, 0.6) is 17.2 Å². The number of rotatable bonds is 7. The molecule has 0 unspecified atom stereocenters. The number of methoxy groups -OCH3 is 3. The minimum atomic E-state index is 0.375. The van der Waals surface area contributed by atoms with E-state index in [-0.39, 0.29) is 0 Å². The summed E-state index contributed by atoms with van der Waals surface area (Å²) in [5, 5.41) is 9.09. The summed E-state index contributed by atoms with van der Waals surface area (Å²) in [4.78, 5) is 7.87. The van der Waals surface area contributed by atoms with E-state index in [0.717, 1.165) is 16.2 Å². The first-order valence-corrected chi connectivity index (χ1v) is 9.81. The third-order valence-electron chi connectivity index (χ3n) is 4.33. The topological polar surface area (TPSA) is 95.3 Å². The molecular formula is C20H20N4O4S. The number of nitrogens with one attached hydrogen (secondary N) is 1. The normalized spacial score (nSPS) is 11.0. The van der Waals surface area contributed by atoms with Gasteiger partial charge in [-0.15, -0.1) is 10.2 Å². The smallest absolute Gasteiger partial charge is 0.248 e. The van der Waals surface area contributed by atoms with Gasteiger partial charge in [0.1, 0.15) is 0 Å². The number of imidazole rings is 1. The molecule has 0 radical (unpaired) electrons. The van der Waals surface area contributed by atoms with Crippen molar-refractivity contribution in [3.05, 3.63) is 41.8 Å². The zero-order valence-electron chi connectivity index (χ0n) is 16.5. The summed E-state index contributed by atoms with van der Waals surface area (Å²) in [6.45, 7) is 2.05. The van der Waals surface area contributed by atoms with Crippen LogP contribution in [0, 0.1) is 6.92 Å². The van der Waals surface area contributed by atoms with Crippen LogP contribution >= 0.6 is 11.8 Å². The van der Waals surface area contributed by atoms with Crippen LogP contribution in [0.25, 0.3) is 22.5 Å². The number of thioether (sulfide) groups is 1. The average molecular weight is 412 g/mol. The molecule has 0 aliphatic rings. The lowest BCUT2D eigenvalue weighted by molar-refractivity contribution is 0.324. The third kappa shape index (κ3) is 3.86. The fourth-order valence-electron chi connectivity index (χ4n) is 2.93. The van der Waals surface area contributed by atoms with Gasteiger partial charge in [0.15, 0.2) is 16.7 Å². The molecule has 0 amide bonds. The van der Waals surface area contributed by atoms with Crippen molar-refractivity contribution in [1.82, 2.24) is 20.2 Å². The lowest BCUT2D eigenvalue weighted by Gasteiger charge is -2.12. The van der Waals surface area contributed by atoms with Gasteiger partial charge in [-0.1, -0.05) is 17.8 Å². The van der Waals surface area contributed by atoms with Gasteiger partial charge in [0.25, 0.3) is 0 Å². The second kappa shape index (κ2) is 8.04. The number of aromatic nitrogens is 4. The molecule has 4 rings (SSSR count). The minimum absolute atomic E-state index is 0.375. The molecule has 0 fully saturated rings. The zero-order valence-corrected chi connectivity index (χ0v) is 17.3. The number of hydrogen-bond acceptors (Lipinski definition) is 8. The molecule has 0 aliphatic carbocycles. The number of nitrogens with zero attached hydrogens (tertiary/aromatic N) is 3. The molecule has 29 heavy (non-hydrogen) atoms. The van der Waals surface area contributed by atoms with Crippen molar-refractivity contribution < 1.29 is 18.6 Å². The lowest BCUT2D eigenvalue weighted by Crippen LogP contribution is -1.95. The van der Waals surface area contributed by atoms with Gasteiger partial charge in [0.05, 0.1) is 38.1 Å². The predicted molar refractivity (Wildman–Crippen MR) is 110 cm³/mol. The maximum absolute atomic E-state index is 5.82. The van der Waals surface area contributed by atoms with Crippen LogP contribution in [-0.4, -0.2) is 41.5 Å². The Bertz CT molecular complexity index is 1130. The Labute approximate surface area is 171 Å². The molecule has 9 heteroatoms. The maximum atomic E-state index is 5.82. The highest BCUT2D eigenvalue weighted by Gasteiger charge is 2.18. The van der Waals surface area contributed by atoms with E-state index in [4.69, 9.17) is 18.6 Å². The van der Waals surface area contributed by atoms with E-state index in [9.17, 15) is 0 Å². The molecule has 0 spiro atoms. The Hall–Kier alpha value is -3.20. The van der Waals surface area contributed by atoms with Gasteiger partial charge in [0.2, 0.25) is 17.5 Å². The highest BCUT2D eigenvalue weighted by atomic mass is 32.2. The highest BCUT2D eigenvalue weighted by Crippen LogP contribution is 2.41. The van der Waals surface area contributed by atoms with Crippen LogP contribution in [0.3, 0.4) is 0 Å². The van der Waals surface area contributed by atoms with Crippen LogP contribution in [0.4, 0.5) is 0 Å². The van der Waals surface area contributed by atoms with E-state index < -0.39 is 0 Å². The standard InChI is InChI=1S/C20H20N4O4S/c1-11-5-6-13-14(7-11)22-20(21-13)29-10-17-23-24-19(28-17)12-8-15(25-2)18(27-4)16(9-12)26-3/h5-9H,10H2,1-4H3,(H,21,22). The SMILES string of the molecule is COc1cc(-c2nnc(CSc3nc4ccc(C)cc4[nH]3)o2)cc(OC)c1OC. The van der Waals surface area contributed by atoms with E-state index in [2.05, 4.69) is 33.2 Å². The first-order valence-electron chi connectivity index (χ1n) is 8.83. The van der Waals surface area contributed by atoms with Crippen molar-refractivity contribution in [1.29, 1.82) is 0 Å². The number of aryl methyl sites for hydroxylation is 1. The molecule has 1 N–H and O–H groups in total. The Morgan fingerprint density at radius 3 is 2.45 bits per heavy atom. The van der Waals surface area contributed by atoms with Gasteiger partial charge in [-0.05, 0) is 36.8 Å². The molecule has 2 aromatic carbocycles. The van der Waals surface area contributed by atoms with Crippen molar-refractivity contribution in [3.8, 4) is 28.7 Å². The molecule has 0 aliphatic heterocycles. The summed E-state index contributed by atoms with van der Waals surface area (Å²) in [7, 11) is 4.68. The molecular weight excluding hydrogens is 392 g/mol. The van der Waals surface area contributed by atoms with Gasteiger partial charge >= 0.3 is 0 Å². The quantitative estimate of drug-likeness (QED) is 0.450. The molecule has 2 aromatic heterocycles. The number of H-pyrrole nitrogens is 1. The van der Waals surface area contributed by atoms with E-state index in [1.165, 1.54) is 17.3 Å². The van der Waals surface area contributed by atoms with Crippen LogP contribution in [0.1, 0.15) is 11.5 Å². The summed E-state index contributed by atoms with van der Waals surface area (Å²) >= 11 is 1.50. The number of hydrogen-bond donors (Lipinski definition) is 1. The maximum Gasteiger partial charge on any atom is 0.248 e. The largest absolute Gasteiger partial charge is 0.493 e. The second-order valence-corrected chi connectivity index (χ2v) is 7.23. The molecule has 0 saturated heterocycles. The highest BCUT2D eigenvalue weighted by molar-refractivity contribution is 7.98. The molecule has 4 aromatic rings. The summed E-state index contributed by atoms with van der Waals surface area (Å²) in [6.07, 6.45) is 0. The first-order chi connectivity index (χ1) is 14.1. The fraction of sp³-hybridized carbons (Fsp3) is 0.250.